The van der Waals surface area contributed by atoms with Crippen molar-refractivity contribution < 1.29 is 4.79 Å². The first kappa shape index (κ1) is 15.5. The van der Waals surface area contributed by atoms with Gasteiger partial charge in [0, 0.05) is 27.1 Å². The highest BCUT2D eigenvalue weighted by Gasteiger charge is 2.27. The highest BCUT2D eigenvalue weighted by molar-refractivity contribution is 9.11. The van der Waals surface area contributed by atoms with Crippen LogP contribution in [0.2, 0.25) is 0 Å². The van der Waals surface area contributed by atoms with Crippen LogP contribution in [0.25, 0.3) is 0 Å². The van der Waals surface area contributed by atoms with Gasteiger partial charge in [-0.3, -0.25) is 9.79 Å². The Labute approximate surface area is 146 Å². The van der Waals surface area contributed by atoms with Crippen LogP contribution in [0.15, 0.2) is 49.6 Å². The van der Waals surface area contributed by atoms with Gasteiger partial charge in [-0.15, -0.1) is 0 Å². The monoisotopic (exact) mass is 423 g/mol. The van der Waals surface area contributed by atoms with Crippen molar-refractivity contribution in [1.29, 1.82) is 0 Å². The fourth-order valence-electron chi connectivity index (χ4n) is 2.57. The maximum Gasteiger partial charge on any atom is 0.253 e. The van der Waals surface area contributed by atoms with Crippen LogP contribution in [0.3, 0.4) is 0 Å². The minimum Gasteiger partial charge on any atom is -0.345 e. The summed E-state index contributed by atoms with van der Waals surface area (Å²) in [6, 6.07) is 4.00. The Hall–Kier alpha value is -1.40. The summed E-state index contributed by atoms with van der Waals surface area (Å²) in [6.45, 7) is 3.94. The Morgan fingerprint density at radius 3 is 2.59 bits per heavy atom. The largest absolute Gasteiger partial charge is 0.345 e. The molecule has 114 valence electrons. The highest BCUT2D eigenvalue weighted by Crippen LogP contribution is 2.29. The molecule has 1 aromatic carbocycles. The summed E-state index contributed by atoms with van der Waals surface area (Å²) in [4.78, 5) is 16.9. The average molecular weight is 425 g/mol. The summed E-state index contributed by atoms with van der Waals surface area (Å²) in [5, 5.41) is 6.02. The van der Waals surface area contributed by atoms with Gasteiger partial charge < -0.3 is 10.6 Å². The first-order chi connectivity index (χ1) is 10.5. The van der Waals surface area contributed by atoms with Crippen molar-refractivity contribution in [1.82, 2.24) is 10.6 Å². The van der Waals surface area contributed by atoms with Crippen LogP contribution in [0.5, 0.6) is 0 Å². The van der Waals surface area contributed by atoms with E-state index in [9.17, 15) is 4.79 Å². The van der Waals surface area contributed by atoms with Crippen molar-refractivity contribution in [3.8, 4) is 0 Å². The zero-order chi connectivity index (χ0) is 15.9. The molecule has 2 heterocycles. The van der Waals surface area contributed by atoms with Crippen molar-refractivity contribution in [3.05, 3.63) is 55.8 Å². The zero-order valence-corrected chi connectivity index (χ0v) is 15.4. The normalized spacial score (nSPS) is 20.3. The minimum atomic E-state index is -0.105. The lowest BCUT2D eigenvalue weighted by molar-refractivity contribution is -0.116. The quantitative estimate of drug-likeness (QED) is 0.764. The van der Waals surface area contributed by atoms with E-state index in [-0.39, 0.29) is 11.9 Å². The van der Waals surface area contributed by atoms with Crippen LogP contribution in [0.4, 0.5) is 0 Å². The number of nitrogens with one attached hydrogen (secondary N) is 2. The maximum absolute atomic E-state index is 12.4. The van der Waals surface area contributed by atoms with Gasteiger partial charge in [-0.2, -0.15) is 0 Å². The molecular weight excluding hydrogens is 410 g/mol. The molecule has 0 aromatic heterocycles. The first-order valence-corrected chi connectivity index (χ1v) is 8.51. The van der Waals surface area contributed by atoms with Crippen molar-refractivity contribution in [3.63, 3.8) is 0 Å². The molecule has 1 amide bonds. The number of nitrogens with zero attached hydrogens (tertiary/aromatic N) is 1. The second kappa shape index (κ2) is 6.01. The zero-order valence-electron chi connectivity index (χ0n) is 12.2. The molecule has 1 atom stereocenters. The summed E-state index contributed by atoms with van der Waals surface area (Å²) >= 11 is 7.12. The van der Waals surface area contributed by atoms with Gasteiger partial charge in [0.05, 0.1) is 11.5 Å². The van der Waals surface area contributed by atoms with Gasteiger partial charge >= 0.3 is 0 Å². The molecule has 2 N–H and O–H groups in total. The molecule has 3 rings (SSSR count). The predicted octanol–water partition coefficient (Wildman–Crippen LogP) is 3.35. The van der Waals surface area contributed by atoms with E-state index in [0.29, 0.717) is 6.42 Å². The third kappa shape index (κ3) is 2.90. The van der Waals surface area contributed by atoms with Crippen molar-refractivity contribution in [2.75, 3.05) is 0 Å². The lowest BCUT2D eigenvalue weighted by atomic mass is 9.99. The van der Waals surface area contributed by atoms with E-state index in [0.717, 1.165) is 37.2 Å². The van der Waals surface area contributed by atoms with Gasteiger partial charge in [0.2, 0.25) is 0 Å². The smallest absolute Gasteiger partial charge is 0.253 e. The Morgan fingerprint density at radius 2 is 1.91 bits per heavy atom. The molecule has 1 unspecified atom stereocenters. The van der Waals surface area contributed by atoms with Crippen LogP contribution >= 0.6 is 31.9 Å². The fourth-order valence-corrected chi connectivity index (χ4v) is 3.85. The average Bonchev–Trinajstić information content (AvgIpc) is 2.76. The number of carbonyl (C=O) groups is 1. The number of benzene rings is 1. The van der Waals surface area contributed by atoms with Gasteiger partial charge in [0.1, 0.15) is 6.04 Å². The topological polar surface area (TPSA) is 53.5 Å². The summed E-state index contributed by atoms with van der Waals surface area (Å²) in [5.41, 5.74) is 3.80. The summed E-state index contributed by atoms with van der Waals surface area (Å²) in [6.07, 6.45) is 4.11. The van der Waals surface area contributed by atoms with Gasteiger partial charge in [-0.1, -0.05) is 31.9 Å². The van der Waals surface area contributed by atoms with Crippen LogP contribution in [-0.4, -0.2) is 17.8 Å². The number of amides is 1. The second-order valence-electron chi connectivity index (χ2n) is 5.37. The van der Waals surface area contributed by atoms with E-state index >= 15 is 0 Å². The van der Waals surface area contributed by atoms with E-state index in [1.807, 2.05) is 19.9 Å². The number of aliphatic imine (C=N–C) groups is 1. The molecule has 6 heteroatoms. The summed E-state index contributed by atoms with van der Waals surface area (Å²) in [5.74, 6) is 0.752. The minimum absolute atomic E-state index is 0.0843. The van der Waals surface area contributed by atoms with E-state index in [2.05, 4.69) is 59.6 Å². The Bertz CT molecular complexity index is 727. The van der Waals surface area contributed by atoms with Crippen LogP contribution in [0, 0.1) is 6.92 Å². The van der Waals surface area contributed by atoms with Gasteiger partial charge in [0.25, 0.3) is 5.91 Å². The summed E-state index contributed by atoms with van der Waals surface area (Å²) < 4.78 is 2.05. The molecule has 0 spiro atoms. The molecule has 4 nitrogen and oxygen atoms in total. The third-order valence-corrected chi connectivity index (χ3v) is 5.41. The van der Waals surface area contributed by atoms with Crippen LogP contribution in [0.1, 0.15) is 18.1 Å². The first-order valence-electron chi connectivity index (χ1n) is 6.92. The van der Waals surface area contributed by atoms with Gasteiger partial charge in [-0.25, -0.2) is 0 Å². The lowest BCUT2D eigenvalue weighted by Crippen LogP contribution is -2.25. The van der Waals surface area contributed by atoms with Crippen molar-refractivity contribution >= 4 is 43.6 Å². The molecule has 0 fully saturated rings. The molecule has 22 heavy (non-hydrogen) atoms. The fraction of sp³-hybridized carbons (Fsp3) is 0.250. The van der Waals surface area contributed by atoms with E-state index in [1.54, 1.807) is 6.20 Å². The number of halogens is 2. The van der Waals surface area contributed by atoms with Crippen LogP contribution in [-0.2, 0) is 11.2 Å². The highest BCUT2D eigenvalue weighted by atomic mass is 79.9. The Morgan fingerprint density at radius 1 is 1.23 bits per heavy atom. The SMILES string of the molecule is CC1=NC2C=CNC(=O)C(Cc3cc(Br)c(C)c(Br)c3)=C2N1. The van der Waals surface area contributed by atoms with E-state index < -0.39 is 0 Å². The van der Waals surface area contributed by atoms with E-state index in [4.69, 9.17) is 0 Å². The van der Waals surface area contributed by atoms with Gasteiger partial charge in [0.15, 0.2) is 0 Å². The Balaban J connectivity index is 2.00. The third-order valence-electron chi connectivity index (χ3n) is 3.76. The standard InChI is InChI=1S/C16H15Br2N3O/c1-8-12(17)6-10(7-13(8)18)5-11-15-14(20-9(2)21-15)3-4-19-16(11)22/h3-4,6-7,14H,5H2,1-2H3,(H,19,22)(H,20,21). The predicted molar refractivity (Wildman–Crippen MR) is 94.6 cm³/mol. The van der Waals surface area contributed by atoms with E-state index in [1.165, 1.54) is 0 Å². The van der Waals surface area contributed by atoms with Crippen LogP contribution < -0.4 is 10.6 Å². The van der Waals surface area contributed by atoms with Crippen molar-refractivity contribution in [2.45, 2.75) is 26.3 Å². The molecule has 0 aliphatic carbocycles. The number of fused-ring (bicyclic) bond motifs is 1. The number of carbonyl (C=O) groups excluding carboxylic acids is 1. The maximum atomic E-state index is 12.4. The number of hydrogen-bond donors (Lipinski definition) is 2. The molecule has 1 aromatic rings. The molecule has 0 radical (unpaired) electrons. The molecule has 2 aliphatic rings. The second-order valence-corrected chi connectivity index (χ2v) is 7.08. The number of amidine groups is 1. The van der Waals surface area contributed by atoms with Crippen molar-refractivity contribution in [2.24, 2.45) is 4.99 Å². The molecule has 2 aliphatic heterocycles. The Kier molecular flexibility index (Phi) is 4.23. The lowest BCUT2D eigenvalue weighted by Gasteiger charge is -2.13. The molecule has 0 saturated heterocycles. The molecular formula is C16H15Br2N3O. The number of rotatable bonds is 2. The van der Waals surface area contributed by atoms with Gasteiger partial charge in [-0.05, 0) is 43.2 Å². The molecule has 0 bridgehead atoms. The summed E-state index contributed by atoms with van der Waals surface area (Å²) in [7, 11) is 0. The molecule has 0 saturated carbocycles. The number of hydrogen-bond acceptors (Lipinski definition) is 3.